The Hall–Kier alpha value is -1.81. The molecule has 92 valence electrons. The summed E-state index contributed by atoms with van der Waals surface area (Å²) >= 11 is 0. The molecule has 0 aliphatic carbocycles. The second-order valence-corrected chi connectivity index (χ2v) is 3.82. The number of ether oxygens (including phenoxy) is 1. The topological polar surface area (TPSA) is 66.8 Å². The third kappa shape index (κ3) is 2.85. The van der Waals surface area contributed by atoms with Gasteiger partial charge in [-0.2, -0.15) is 0 Å². The molecule has 0 saturated carbocycles. The molecule has 1 unspecified atom stereocenters. The lowest BCUT2D eigenvalue weighted by Gasteiger charge is -2.21. The zero-order valence-corrected chi connectivity index (χ0v) is 9.88. The van der Waals surface area contributed by atoms with Crippen molar-refractivity contribution in [2.24, 2.45) is 0 Å². The molecule has 1 atom stereocenters. The third-order valence-corrected chi connectivity index (χ3v) is 2.67. The first-order valence-electron chi connectivity index (χ1n) is 5.21. The van der Waals surface area contributed by atoms with Gasteiger partial charge in [0.05, 0.1) is 13.7 Å². The highest BCUT2D eigenvalue weighted by Crippen LogP contribution is 2.28. The van der Waals surface area contributed by atoms with Crippen molar-refractivity contribution >= 4 is 5.97 Å². The zero-order valence-electron chi connectivity index (χ0n) is 9.88. The fraction of sp³-hybridized carbons (Fsp3) is 0.308. The van der Waals surface area contributed by atoms with Gasteiger partial charge in [-0.15, -0.1) is 0 Å². The maximum absolute atomic E-state index is 11.4. The number of hydrogen-bond donors (Lipinski definition) is 2. The second kappa shape index (κ2) is 5.50. The van der Waals surface area contributed by atoms with E-state index in [1.165, 1.54) is 19.3 Å². The van der Waals surface area contributed by atoms with Gasteiger partial charge in [0.1, 0.15) is 11.2 Å². The number of rotatable bonds is 5. The normalized spacial score (nSPS) is 14.5. The molecule has 4 nitrogen and oxygen atoms in total. The molecule has 17 heavy (non-hydrogen) atoms. The van der Waals surface area contributed by atoms with Crippen LogP contribution in [0.25, 0.3) is 0 Å². The number of hydrogen-bond acceptors (Lipinski definition) is 3. The van der Waals surface area contributed by atoms with Gasteiger partial charge in [-0.05, 0) is 24.6 Å². The van der Waals surface area contributed by atoms with Crippen molar-refractivity contribution in [2.75, 3.05) is 13.7 Å². The van der Waals surface area contributed by atoms with Gasteiger partial charge in [0.25, 0.3) is 0 Å². The molecule has 0 heterocycles. The second-order valence-electron chi connectivity index (χ2n) is 3.82. The largest absolute Gasteiger partial charge is 0.497 e. The number of benzene rings is 1. The monoisotopic (exact) mass is 236 g/mol. The summed E-state index contributed by atoms with van der Waals surface area (Å²) in [4.78, 5) is 11.4. The average Bonchev–Trinajstić information content (AvgIpc) is 2.35. The molecule has 1 rings (SSSR count). The Labute approximate surface area is 100 Å². The van der Waals surface area contributed by atoms with Crippen LogP contribution in [0.15, 0.2) is 36.4 Å². The molecular weight excluding hydrogens is 220 g/mol. The van der Waals surface area contributed by atoms with Gasteiger partial charge in [0, 0.05) is 0 Å². The predicted octanol–water partition coefficient (Wildman–Crippen LogP) is 1.59. The van der Waals surface area contributed by atoms with Gasteiger partial charge in [-0.3, -0.25) is 4.79 Å². The van der Waals surface area contributed by atoms with Crippen LogP contribution in [0.5, 0.6) is 5.75 Å². The van der Waals surface area contributed by atoms with Crippen molar-refractivity contribution in [2.45, 2.75) is 12.3 Å². The predicted molar refractivity (Wildman–Crippen MR) is 64.2 cm³/mol. The summed E-state index contributed by atoms with van der Waals surface area (Å²) in [5, 5.41) is 18.1. The van der Waals surface area contributed by atoms with E-state index < -0.39 is 11.4 Å². The van der Waals surface area contributed by atoms with Crippen LogP contribution in [0.4, 0.5) is 0 Å². The smallest absolute Gasteiger partial charge is 0.317 e. The maximum atomic E-state index is 11.4. The fourth-order valence-corrected chi connectivity index (χ4v) is 1.53. The minimum atomic E-state index is -1.17. The van der Waals surface area contributed by atoms with Crippen molar-refractivity contribution in [3.8, 4) is 5.75 Å². The molecule has 0 radical (unpaired) electrons. The quantitative estimate of drug-likeness (QED) is 0.762. The van der Waals surface area contributed by atoms with E-state index in [0.717, 1.165) is 0 Å². The molecule has 1 aromatic rings. The highest BCUT2D eigenvalue weighted by atomic mass is 16.5. The minimum absolute atomic E-state index is 0.188. The summed E-state index contributed by atoms with van der Waals surface area (Å²) < 4.78 is 5.07. The first kappa shape index (κ1) is 13.3. The van der Waals surface area contributed by atoms with Gasteiger partial charge >= 0.3 is 5.97 Å². The van der Waals surface area contributed by atoms with Gasteiger partial charge in [-0.25, -0.2) is 0 Å². The van der Waals surface area contributed by atoms with Crippen molar-refractivity contribution in [1.82, 2.24) is 0 Å². The third-order valence-electron chi connectivity index (χ3n) is 2.67. The Balaban J connectivity index is 3.22. The Morgan fingerprint density at radius 3 is 2.76 bits per heavy atom. The highest BCUT2D eigenvalue weighted by Gasteiger charge is 2.32. The first-order chi connectivity index (χ1) is 8.04. The van der Waals surface area contributed by atoms with Gasteiger partial charge in [0.15, 0.2) is 0 Å². The van der Waals surface area contributed by atoms with Gasteiger partial charge in [-0.1, -0.05) is 24.3 Å². The Kier molecular flexibility index (Phi) is 4.29. The van der Waals surface area contributed by atoms with Crippen LogP contribution in [0, 0.1) is 0 Å². The first-order valence-corrected chi connectivity index (χ1v) is 5.21. The van der Waals surface area contributed by atoms with E-state index >= 15 is 0 Å². The van der Waals surface area contributed by atoms with Crippen molar-refractivity contribution in [3.63, 3.8) is 0 Å². The highest BCUT2D eigenvalue weighted by molar-refractivity contribution is 5.83. The summed E-state index contributed by atoms with van der Waals surface area (Å²) in [7, 11) is 1.53. The lowest BCUT2D eigenvalue weighted by Crippen LogP contribution is -2.30. The van der Waals surface area contributed by atoms with Crippen LogP contribution < -0.4 is 4.74 Å². The van der Waals surface area contributed by atoms with Crippen LogP contribution in [-0.4, -0.2) is 29.9 Å². The number of methoxy groups -OCH3 is 1. The van der Waals surface area contributed by atoms with Gasteiger partial charge in [0.2, 0.25) is 0 Å². The number of carbonyl (C=O) groups is 1. The van der Waals surface area contributed by atoms with Crippen molar-refractivity contribution in [1.29, 1.82) is 0 Å². The summed E-state index contributed by atoms with van der Waals surface area (Å²) in [5.41, 5.74) is -0.564. The van der Waals surface area contributed by atoms with Crippen LogP contribution in [0.1, 0.15) is 12.5 Å². The molecule has 0 aliphatic heterocycles. The molecule has 0 aromatic heterocycles. The van der Waals surface area contributed by atoms with E-state index in [9.17, 15) is 9.90 Å². The Morgan fingerprint density at radius 2 is 2.24 bits per heavy atom. The molecule has 0 fully saturated rings. The number of aliphatic hydroxyl groups is 1. The summed E-state index contributed by atoms with van der Waals surface area (Å²) in [6.07, 6.45) is 2.90. The summed E-state index contributed by atoms with van der Waals surface area (Å²) in [6.45, 7) is 1.39. The van der Waals surface area contributed by atoms with Crippen molar-refractivity contribution < 1.29 is 19.7 Å². The molecule has 4 heteroatoms. The average molecular weight is 236 g/mol. The minimum Gasteiger partial charge on any atom is -0.497 e. The van der Waals surface area contributed by atoms with E-state index in [4.69, 9.17) is 9.84 Å². The van der Waals surface area contributed by atoms with E-state index in [-0.39, 0.29) is 6.61 Å². The van der Waals surface area contributed by atoms with E-state index in [2.05, 4.69) is 0 Å². The molecule has 0 bridgehead atoms. The molecule has 2 N–H and O–H groups in total. The molecule has 0 spiro atoms. The van der Waals surface area contributed by atoms with E-state index in [1.807, 2.05) is 0 Å². The molecule has 0 aliphatic rings. The summed E-state index contributed by atoms with van der Waals surface area (Å²) in [5.74, 6) is -0.372. The Bertz CT molecular complexity index is 425. The van der Waals surface area contributed by atoms with Gasteiger partial charge < -0.3 is 14.9 Å². The van der Waals surface area contributed by atoms with Crippen LogP contribution >= 0.6 is 0 Å². The lowest BCUT2D eigenvalue weighted by molar-refractivity contribution is -0.141. The molecule has 1 aromatic carbocycles. The lowest BCUT2D eigenvalue weighted by atomic mass is 9.82. The SMILES string of the molecule is COc1cccc(C(C)(/C=C/CO)C(=O)O)c1. The molecule has 0 saturated heterocycles. The fourth-order valence-electron chi connectivity index (χ4n) is 1.53. The van der Waals surface area contributed by atoms with E-state index in [0.29, 0.717) is 11.3 Å². The number of aliphatic hydroxyl groups excluding tert-OH is 1. The molecular formula is C13H16O4. The van der Waals surface area contributed by atoms with E-state index in [1.54, 1.807) is 31.2 Å². The number of aliphatic carboxylic acids is 1. The number of carboxylic acid groups (broad SMARTS) is 1. The van der Waals surface area contributed by atoms with Crippen LogP contribution in [-0.2, 0) is 10.2 Å². The zero-order chi connectivity index (χ0) is 12.9. The maximum Gasteiger partial charge on any atom is 0.317 e. The molecule has 0 amide bonds. The Morgan fingerprint density at radius 1 is 1.53 bits per heavy atom. The summed E-state index contributed by atoms with van der Waals surface area (Å²) in [6, 6.07) is 6.89. The number of carboxylic acids is 1. The van der Waals surface area contributed by atoms with Crippen molar-refractivity contribution in [3.05, 3.63) is 42.0 Å². The standard InChI is InChI=1S/C13H16O4/c1-13(12(15)16,7-4-8-14)10-5-3-6-11(9-10)17-2/h3-7,9,14H,8H2,1-2H3,(H,15,16)/b7-4+. The van der Waals surface area contributed by atoms with Crippen LogP contribution in [0.3, 0.4) is 0 Å². The van der Waals surface area contributed by atoms with Crippen LogP contribution in [0.2, 0.25) is 0 Å².